The number of hydrogen-bond acceptors (Lipinski definition) is 1. The number of halogens is 2. The van der Waals surface area contributed by atoms with Crippen LogP contribution in [0.4, 0.5) is 8.78 Å². The molecule has 2 aromatic rings. The Morgan fingerprint density at radius 2 is 1.56 bits per heavy atom. The molecule has 0 heterocycles. The molecule has 0 unspecified atom stereocenters. The molecule has 0 bridgehead atoms. The molecule has 0 saturated heterocycles. The standard InChI is InChI=1S/C28H40F2OSi/c1-4-5-6-8-21-9-11-22(12-10-21)25-17-18-26(28(30)27(25)29)23-13-15-24(16-14-23)32(2,3)20-7-19-31/h13-18,21-22,31H,4-12,19-20H2,1-3H3. The van der Waals surface area contributed by atoms with Gasteiger partial charge in [-0.2, -0.15) is 0 Å². The predicted octanol–water partition coefficient (Wildman–Crippen LogP) is 7.78. The number of aliphatic hydroxyl groups excluding tert-OH is 1. The second kappa shape index (κ2) is 11.6. The number of hydrogen-bond donors (Lipinski definition) is 1. The van der Waals surface area contributed by atoms with Crippen molar-refractivity contribution in [3.63, 3.8) is 0 Å². The molecule has 1 aliphatic rings. The van der Waals surface area contributed by atoms with Crippen molar-refractivity contribution in [3.05, 3.63) is 53.6 Å². The van der Waals surface area contributed by atoms with Crippen LogP contribution in [0.2, 0.25) is 19.1 Å². The molecular weight excluding hydrogens is 418 g/mol. The second-order valence-electron chi connectivity index (χ2n) is 10.3. The zero-order valence-electron chi connectivity index (χ0n) is 20.1. The Morgan fingerprint density at radius 3 is 2.19 bits per heavy atom. The van der Waals surface area contributed by atoms with Gasteiger partial charge in [-0.15, -0.1) is 0 Å². The van der Waals surface area contributed by atoms with Gasteiger partial charge in [0.2, 0.25) is 0 Å². The van der Waals surface area contributed by atoms with Crippen molar-refractivity contribution in [2.24, 2.45) is 5.92 Å². The van der Waals surface area contributed by atoms with Gasteiger partial charge < -0.3 is 5.11 Å². The highest BCUT2D eigenvalue weighted by molar-refractivity contribution is 6.89. The zero-order valence-corrected chi connectivity index (χ0v) is 21.1. The Labute approximate surface area is 194 Å². The maximum atomic E-state index is 15.1. The minimum atomic E-state index is -1.62. The zero-order chi connectivity index (χ0) is 23.1. The van der Waals surface area contributed by atoms with Crippen LogP contribution in [0.15, 0.2) is 36.4 Å². The molecule has 1 nitrogen and oxygen atoms in total. The Balaban J connectivity index is 1.70. The maximum Gasteiger partial charge on any atom is 0.166 e. The third-order valence-electron chi connectivity index (χ3n) is 7.55. The van der Waals surface area contributed by atoms with Crippen LogP contribution in [0.1, 0.15) is 76.2 Å². The van der Waals surface area contributed by atoms with Crippen LogP contribution in [-0.4, -0.2) is 19.8 Å². The minimum absolute atomic E-state index is 0.140. The molecule has 3 rings (SSSR count). The summed E-state index contributed by atoms with van der Waals surface area (Å²) in [6, 6.07) is 12.6. The quantitative estimate of drug-likeness (QED) is 0.285. The highest BCUT2D eigenvalue weighted by atomic mass is 28.3. The van der Waals surface area contributed by atoms with Crippen molar-refractivity contribution in [2.45, 2.75) is 89.8 Å². The van der Waals surface area contributed by atoms with E-state index in [1.54, 1.807) is 6.07 Å². The van der Waals surface area contributed by atoms with Crippen molar-refractivity contribution < 1.29 is 13.9 Å². The Kier molecular flexibility index (Phi) is 9.07. The summed E-state index contributed by atoms with van der Waals surface area (Å²) in [6.07, 6.45) is 10.1. The van der Waals surface area contributed by atoms with Crippen LogP contribution in [0.25, 0.3) is 11.1 Å². The summed E-state index contributed by atoms with van der Waals surface area (Å²) in [5, 5.41) is 10.4. The molecular formula is C28H40F2OSi. The fourth-order valence-corrected chi connectivity index (χ4v) is 7.71. The first-order valence-corrected chi connectivity index (χ1v) is 15.8. The van der Waals surface area contributed by atoms with Crippen LogP contribution in [0.5, 0.6) is 0 Å². The van der Waals surface area contributed by atoms with E-state index in [2.05, 4.69) is 32.2 Å². The molecule has 0 spiro atoms. The fourth-order valence-electron chi connectivity index (χ4n) is 5.31. The van der Waals surface area contributed by atoms with Crippen LogP contribution in [0, 0.1) is 17.6 Å². The predicted molar refractivity (Wildman–Crippen MR) is 134 cm³/mol. The van der Waals surface area contributed by atoms with Gasteiger partial charge in [0, 0.05) is 12.2 Å². The van der Waals surface area contributed by atoms with Gasteiger partial charge in [0.1, 0.15) is 0 Å². The summed E-state index contributed by atoms with van der Waals surface area (Å²) < 4.78 is 30.2. The van der Waals surface area contributed by atoms with Crippen LogP contribution < -0.4 is 5.19 Å². The number of unbranched alkanes of at least 4 members (excludes halogenated alkanes) is 2. The molecule has 0 atom stereocenters. The smallest absolute Gasteiger partial charge is 0.166 e. The third-order valence-corrected chi connectivity index (χ3v) is 11.1. The second-order valence-corrected chi connectivity index (χ2v) is 15.2. The van der Waals surface area contributed by atoms with E-state index < -0.39 is 19.7 Å². The van der Waals surface area contributed by atoms with Crippen LogP contribution in [-0.2, 0) is 0 Å². The molecule has 1 fully saturated rings. The molecule has 0 aromatic heterocycles. The summed E-state index contributed by atoms with van der Waals surface area (Å²) in [5.74, 6) is -0.467. The van der Waals surface area contributed by atoms with Crippen LogP contribution >= 0.6 is 0 Å². The van der Waals surface area contributed by atoms with E-state index in [1.165, 1.54) is 30.9 Å². The van der Waals surface area contributed by atoms with E-state index in [-0.39, 0.29) is 12.5 Å². The number of rotatable bonds is 10. The van der Waals surface area contributed by atoms with Crippen molar-refractivity contribution >= 4 is 13.3 Å². The van der Waals surface area contributed by atoms with Gasteiger partial charge in [0.15, 0.2) is 11.6 Å². The number of aliphatic hydroxyl groups is 1. The Hall–Kier alpha value is -1.52. The lowest BCUT2D eigenvalue weighted by molar-refractivity contribution is 0.294. The molecule has 0 radical (unpaired) electrons. The third kappa shape index (κ3) is 6.08. The van der Waals surface area contributed by atoms with Crippen LogP contribution in [0.3, 0.4) is 0 Å². The molecule has 1 saturated carbocycles. The van der Waals surface area contributed by atoms with Gasteiger partial charge in [-0.3, -0.25) is 0 Å². The maximum absolute atomic E-state index is 15.1. The van der Waals surface area contributed by atoms with Gasteiger partial charge in [0.25, 0.3) is 0 Å². The van der Waals surface area contributed by atoms with Gasteiger partial charge in [-0.1, -0.05) is 93.3 Å². The van der Waals surface area contributed by atoms with Crippen molar-refractivity contribution in [1.82, 2.24) is 0 Å². The first kappa shape index (κ1) is 25.1. The minimum Gasteiger partial charge on any atom is -0.396 e. The summed E-state index contributed by atoms with van der Waals surface area (Å²) >= 11 is 0. The average molecular weight is 459 g/mol. The topological polar surface area (TPSA) is 20.2 Å². The van der Waals surface area contributed by atoms with E-state index in [0.717, 1.165) is 49.6 Å². The molecule has 2 aromatic carbocycles. The van der Waals surface area contributed by atoms with Gasteiger partial charge >= 0.3 is 0 Å². The largest absolute Gasteiger partial charge is 0.396 e. The Morgan fingerprint density at radius 1 is 0.875 bits per heavy atom. The van der Waals surface area contributed by atoms with Gasteiger partial charge in [-0.25, -0.2) is 8.78 Å². The monoisotopic (exact) mass is 458 g/mol. The Bertz CT molecular complexity index is 854. The van der Waals surface area contributed by atoms with Gasteiger partial charge in [-0.05, 0) is 55.1 Å². The normalized spacial score (nSPS) is 19.3. The van der Waals surface area contributed by atoms with E-state index in [0.29, 0.717) is 11.1 Å². The number of benzene rings is 2. The summed E-state index contributed by atoms with van der Waals surface area (Å²) in [4.78, 5) is 0. The highest BCUT2D eigenvalue weighted by Gasteiger charge is 2.27. The molecule has 32 heavy (non-hydrogen) atoms. The van der Waals surface area contributed by atoms with E-state index in [9.17, 15) is 0 Å². The first-order chi connectivity index (χ1) is 15.4. The average Bonchev–Trinajstić information content (AvgIpc) is 2.80. The van der Waals surface area contributed by atoms with Crippen molar-refractivity contribution in [1.29, 1.82) is 0 Å². The van der Waals surface area contributed by atoms with E-state index in [1.807, 2.05) is 18.2 Å². The molecule has 0 aliphatic heterocycles. The first-order valence-electron chi connectivity index (χ1n) is 12.6. The van der Waals surface area contributed by atoms with E-state index >= 15 is 8.78 Å². The lowest BCUT2D eigenvalue weighted by Gasteiger charge is -2.29. The molecule has 176 valence electrons. The molecule has 1 aliphatic carbocycles. The lowest BCUT2D eigenvalue weighted by atomic mass is 9.76. The lowest BCUT2D eigenvalue weighted by Crippen LogP contribution is -2.41. The molecule has 1 N–H and O–H groups in total. The molecule has 0 amide bonds. The summed E-state index contributed by atoms with van der Waals surface area (Å²) in [5.41, 5.74) is 1.64. The summed E-state index contributed by atoms with van der Waals surface area (Å²) in [6.45, 7) is 7.01. The summed E-state index contributed by atoms with van der Waals surface area (Å²) in [7, 11) is -1.62. The molecule has 4 heteroatoms. The van der Waals surface area contributed by atoms with Crippen molar-refractivity contribution in [3.8, 4) is 11.1 Å². The van der Waals surface area contributed by atoms with Gasteiger partial charge in [0.05, 0.1) is 8.07 Å². The highest BCUT2D eigenvalue weighted by Crippen LogP contribution is 2.40. The van der Waals surface area contributed by atoms with E-state index in [4.69, 9.17) is 5.11 Å². The SMILES string of the molecule is CCCCCC1CCC(c2ccc(-c3ccc([Si](C)(C)CCCO)cc3)c(F)c2F)CC1. The fraction of sp³-hybridized carbons (Fsp3) is 0.571. The van der Waals surface area contributed by atoms with Crippen molar-refractivity contribution in [2.75, 3.05) is 6.61 Å².